The summed E-state index contributed by atoms with van der Waals surface area (Å²) in [6.45, 7) is 4.16. The average Bonchev–Trinajstić information content (AvgIpc) is 3.23. The summed E-state index contributed by atoms with van der Waals surface area (Å²) in [5.74, 6) is 1.91. The van der Waals surface area contributed by atoms with Crippen molar-refractivity contribution in [2.45, 2.75) is 26.3 Å². The molecular weight excluding hydrogens is 380 g/mol. The fourth-order valence-electron chi connectivity index (χ4n) is 3.78. The number of nitrogens with one attached hydrogen (secondary N) is 1. The van der Waals surface area contributed by atoms with Crippen LogP contribution in [0.3, 0.4) is 0 Å². The Kier molecular flexibility index (Phi) is 6.09. The second-order valence-electron chi connectivity index (χ2n) is 7.62. The van der Waals surface area contributed by atoms with Crippen LogP contribution in [0.2, 0.25) is 0 Å². The fourth-order valence-corrected chi connectivity index (χ4v) is 3.78. The van der Waals surface area contributed by atoms with Crippen molar-refractivity contribution in [1.82, 2.24) is 15.0 Å². The number of anilines is 1. The van der Waals surface area contributed by atoms with E-state index in [-0.39, 0.29) is 11.8 Å². The number of carbonyl (C=O) groups is 1. The van der Waals surface area contributed by atoms with Crippen LogP contribution in [-0.2, 0) is 11.3 Å². The summed E-state index contributed by atoms with van der Waals surface area (Å²) < 4.78 is 10.6. The van der Waals surface area contributed by atoms with Gasteiger partial charge in [-0.15, -0.1) is 0 Å². The van der Waals surface area contributed by atoms with Crippen molar-refractivity contribution < 1.29 is 14.1 Å². The minimum absolute atomic E-state index is 0.0380. The Hall–Kier alpha value is -3.19. The van der Waals surface area contributed by atoms with Crippen molar-refractivity contribution in [2.75, 3.05) is 25.5 Å². The van der Waals surface area contributed by atoms with E-state index in [0.29, 0.717) is 24.8 Å². The van der Waals surface area contributed by atoms with Gasteiger partial charge in [-0.3, -0.25) is 9.69 Å². The number of rotatable bonds is 6. The average molecular weight is 406 g/mol. The molecule has 1 atom stereocenters. The minimum atomic E-state index is -0.0698. The highest BCUT2D eigenvalue weighted by atomic mass is 16.5. The number of amides is 1. The number of hydrogen-bond donors (Lipinski definition) is 1. The molecule has 0 aliphatic carbocycles. The largest absolute Gasteiger partial charge is 0.497 e. The lowest BCUT2D eigenvalue weighted by Crippen LogP contribution is -2.40. The number of aryl methyl sites for hydroxylation is 1. The molecule has 1 aliphatic heterocycles. The Morgan fingerprint density at radius 2 is 2.03 bits per heavy atom. The van der Waals surface area contributed by atoms with Crippen LogP contribution in [0, 0.1) is 12.8 Å². The second-order valence-corrected chi connectivity index (χ2v) is 7.62. The summed E-state index contributed by atoms with van der Waals surface area (Å²) in [6.07, 6.45) is 1.83. The van der Waals surface area contributed by atoms with Crippen LogP contribution in [0.1, 0.15) is 24.3 Å². The molecule has 0 bridgehead atoms. The third kappa shape index (κ3) is 4.68. The molecule has 1 N–H and O–H groups in total. The Balaban J connectivity index is 1.36. The van der Waals surface area contributed by atoms with Crippen molar-refractivity contribution in [3.63, 3.8) is 0 Å². The van der Waals surface area contributed by atoms with E-state index in [1.165, 1.54) is 0 Å². The second kappa shape index (κ2) is 9.09. The molecular formula is C23H26N4O3. The van der Waals surface area contributed by atoms with Crippen molar-refractivity contribution >= 4 is 11.6 Å². The van der Waals surface area contributed by atoms with Crippen molar-refractivity contribution in [3.8, 4) is 17.1 Å². The van der Waals surface area contributed by atoms with Crippen LogP contribution in [0.25, 0.3) is 11.4 Å². The molecule has 1 saturated heterocycles. The summed E-state index contributed by atoms with van der Waals surface area (Å²) in [5.41, 5.74) is 2.86. The van der Waals surface area contributed by atoms with Gasteiger partial charge in [-0.05, 0) is 56.1 Å². The van der Waals surface area contributed by atoms with Gasteiger partial charge in [0.05, 0.1) is 19.6 Å². The number of hydrogen-bond acceptors (Lipinski definition) is 6. The Morgan fingerprint density at radius 1 is 1.23 bits per heavy atom. The van der Waals surface area contributed by atoms with Crippen LogP contribution in [0.5, 0.6) is 5.75 Å². The molecule has 1 aromatic heterocycles. The van der Waals surface area contributed by atoms with Gasteiger partial charge in [0.2, 0.25) is 17.6 Å². The van der Waals surface area contributed by atoms with Gasteiger partial charge in [0.1, 0.15) is 5.75 Å². The summed E-state index contributed by atoms with van der Waals surface area (Å²) in [5, 5.41) is 7.14. The molecule has 1 fully saturated rings. The molecule has 0 spiro atoms. The molecule has 156 valence electrons. The molecule has 4 rings (SSSR count). The van der Waals surface area contributed by atoms with Crippen LogP contribution in [-0.4, -0.2) is 41.1 Å². The standard InChI is InChI=1S/C23H26N4O3/c1-16-6-3-4-8-20(16)22-25-21(30-26-22)15-27-13-5-7-17(14-27)23(28)24-18-9-11-19(29-2)12-10-18/h3-4,6,8-12,17H,5,7,13-15H2,1-2H3,(H,24,28). The highest BCUT2D eigenvalue weighted by molar-refractivity contribution is 5.92. The van der Waals surface area contributed by atoms with Crippen LogP contribution in [0.15, 0.2) is 53.1 Å². The zero-order valence-electron chi connectivity index (χ0n) is 17.3. The molecule has 1 unspecified atom stereocenters. The molecule has 1 amide bonds. The van der Waals surface area contributed by atoms with Crippen LogP contribution >= 0.6 is 0 Å². The lowest BCUT2D eigenvalue weighted by atomic mass is 9.97. The number of nitrogens with zero attached hydrogens (tertiary/aromatic N) is 3. The van der Waals surface area contributed by atoms with Crippen molar-refractivity contribution in [1.29, 1.82) is 0 Å². The Morgan fingerprint density at radius 3 is 2.80 bits per heavy atom. The Bertz CT molecular complexity index is 1000. The lowest BCUT2D eigenvalue weighted by molar-refractivity contribution is -0.121. The normalized spacial score (nSPS) is 16.9. The summed E-state index contributed by atoms with van der Waals surface area (Å²) in [4.78, 5) is 19.5. The number of piperidine rings is 1. The smallest absolute Gasteiger partial charge is 0.241 e. The first-order chi connectivity index (χ1) is 14.6. The maximum absolute atomic E-state index is 12.7. The van der Waals surface area contributed by atoms with Gasteiger partial charge in [0.15, 0.2) is 0 Å². The van der Waals surface area contributed by atoms with E-state index >= 15 is 0 Å². The van der Waals surface area contributed by atoms with Crippen LogP contribution in [0.4, 0.5) is 5.69 Å². The number of benzene rings is 2. The number of ether oxygens (including phenoxy) is 1. The summed E-state index contributed by atoms with van der Waals surface area (Å²) in [7, 11) is 1.62. The van der Waals surface area contributed by atoms with Crippen molar-refractivity contribution in [2.24, 2.45) is 5.92 Å². The van der Waals surface area contributed by atoms with Gasteiger partial charge in [0, 0.05) is 17.8 Å². The molecule has 7 heteroatoms. The lowest BCUT2D eigenvalue weighted by Gasteiger charge is -2.30. The van der Waals surface area contributed by atoms with Gasteiger partial charge >= 0.3 is 0 Å². The van der Waals surface area contributed by atoms with E-state index in [2.05, 4.69) is 20.4 Å². The van der Waals surface area contributed by atoms with Gasteiger partial charge in [-0.2, -0.15) is 4.98 Å². The summed E-state index contributed by atoms with van der Waals surface area (Å²) >= 11 is 0. The molecule has 2 heterocycles. The SMILES string of the molecule is COc1ccc(NC(=O)C2CCCN(Cc3nc(-c4ccccc4C)no3)C2)cc1. The number of aromatic nitrogens is 2. The van der Waals surface area contributed by atoms with E-state index in [1.807, 2.05) is 55.5 Å². The molecule has 3 aromatic rings. The van der Waals surface area contributed by atoms with E-state index in [9.17, 15) is 4.79 Å². The van der Waals surface area contributed by atoms with E-state index in [1.54, 1.807) is 7.11 Å². The highest BCUT2D eigenvalue weighted by Gasteiger charge is 2.27. The number of likely N-dealkylation sites (tertiary alicyclic amines) is 1. The summed E-state index contributed by atoms with van der Waals surface area (Å²) in [6, 6.07) is 15.4. The monoisotopic (exact) mass is 406 g/mol. The molecule has 0 saturated carbocycles. The highest BCUT2D eigenvalue weighted by Crippen LogP contribution is 2.23. The van der Waals surface area contributed by atoms with Gasteiger partial charge in [0.25, 0.3) is 0 Å². The fraction of sp³-hybridized carbons (Fsp3) is 0.348. The molecule has 30 heavy (non-hydrogen) atoms. The Labute approximate surface area is 176 Å². The molecule has 7 nitrogen and oxygen atoms in total. The first-order valence-electron chi connectivity index (χ1n) is 10.2. The maximum Gasteiger partial charge on any atom is 0.241 e. The predicted molar refractivity (Wildman–Crippen MR) is 114 cm³/mol. The van der Waals surface area contributed by atoms with Gasteiger partial charge in [-0.25, -0.2) is 0 Å². The zero-order valence-corrected chi connectivity index (χ0v) is 17.3. The van der Waals surface area contributed by atoms with Gasteiger partial charge < -0.3 is 14.6 Å². The number of carbonyl (C=O) groups excluding carboxylic acids is 1. The van der Waals surface area contributed by atoms with Crippen molar-refractivity contribution in [3.05, 3.63) is 60.0 Å². The van der Waals surface area contributed by atoms with Crippen LogP contribution < -0.4 is 10.1 Å². The third-order valence-corrected chi connectivity index (χ3v) is 5.45. The van der Waals surface area contributed by atoms with Gasteiger partial charge in [-0.1, -0.05) is 29.4 Å². The third-order valence-electron chi connectivity index (χ3n) is 5.45. The number of methoxy groups -OCH3 is 1. The van der Waals surface area contributed by atoms with E-state index in [0.717, 1.165) is 42.0 Å². The quantitative estimate of drug-likeness (QED) is 0.669. The first kappa shape index (κ1) is 20.1. The molecule has 2 aromatic carbocycles. The maximum atomic E-state index is 12.7. The minimum Gasteiger partial charge on any atom is -0.497 e. The zero-order chi connectivity index (χ0) is 20.9. The molecule has 1 aliphatic rings. The topological polar surface area (TPSA) is 80.5 Å². The van der Waals surface area contributed by atoms with E-state index < -0.39 is 0 Å². The molecule has 0 radical (unpaired) electrons. The predicted octanol–water partition coefficient (Wildman–Crippen LogP) is 3.90. The van der Waals surface area contributed by atoms with E-state index in [4.69, 9.17) is 9.26 Å². The first-order valence-corrected chi connectivity index (χ1v) is 10.2.